The molecule has 4 aliphatic carbocycles. The molecule has 1 unspecified atom stereocenters. The molecule has 3 nitrogen and oxygen atoms in total. The van der Waals surface area contributed by atoms with Gasteiger partial charge in [-0.05, 0) is 100 Å². The van der Waals surface area contributed by atoms with Crippen LogP contribution in [0.25, 0.3) is 0 Å². The molecule has 32 heavy (non-hydrogen) atoms. The van der Waals surface area contributed by atoms with E-state index in [4.69, 9.17) is 4.74 Å². The lowest BCUT2D eigenvalue weighted by atomic mass is 9.52. The van der Waals surface area contributed by atoms with Crippen LogP contribution in [0.1, 0.15) is 91.9 Å². The quantitative estimate of drug-likeness (QED) is 0.432. The van der Waals surface area contributed by atoms with Gasteiger partial charge >= 0.3 is 0 Å². The van der Waals surface area contributed by atoms with Gasteiger partial charge in [0.05, 0.1) is 11.7 Å². The molecule has 5 fully saturated rings. The summed E-state index contributed by atoms with van der Waals surface area (Å²) in [6, 6.07) is 0.601. The third kappa shape index (κ3) is 3.02. The van der Waals surface area contributed by atoms with Gasteiger partial charge in [-0.1, -0.05) is 31.9 Å². The van der Waals surface area contributed by atoms with E-state index in [-0.39, 0.29) is 5.60 Å². The van der Waals surface area contributed by atoms with Gasteiger partial charge in [0.25, 0.3) is 0 Å². The Bertz CT molecular complexity index is 833. The largest absolute Gasteiger partial charge is 0.369 e. The van der Waals surface area contributed by atoms with Crippen LogP contribution in [-0.2, 0) is 9.53 Å². The molecule has 2 heterocycles. The van der Waals surface area contributed by atoms with E-state index in [0.29, 0.717) is 35.2 Å². The van der Waals surface area contributed by atoms with Crippen molar-refractivity contribution in [1.82, 2.24) is 4.90 Å². The third-order valence-corrected chi connectivity index (χ3v) is 11.8. The van der Waals surface area contributed by atoms with Gasteiger partial charge in [0.1, 0.15) is 5.78 Å². The van der Waals surface area contributed by atoms with Crippen LogP contribution >= 0.6 is 0 Å². The van der Waals surface area contributed by atoms with Crippen molar-refractivity contribution < 1.29 is 9.53 Å². The van der Waals surface area contributed by atoms with Gasteiger partial charge in [-0.25, -0.2) is 0 Å². The van der Waals surface area contributed by atoms with Crippen molar-refractivity contribution in [3.63, 3.8) is 0 Å². The Morgan fingerprint density at radius 2 is 1.91 bits per heavy atom. The molecule has 0 N–H and O–H groups in total. The van der Waals surface area contributed by atoms with Crippen molar-refractivity contribution in [3.8, 4) is 0 Å². The van der Waals surface area contributed by atoms with Crippen molar-refractivity contribution in [2.24, 2.45) is 40.9 Å². The first-order chi connectivity index (χ1) is 15.2. The molecular formula is C29H45NO2. The van der Waals surface area contributed by atoms with Gasteiger partial charge in [0.2, 0.25) is 0 Å². The van der Waals surface area contributed by atoms with E-state index in [1.165, 1.54) is 45.1 Å². The summed E-state index contributed by atoms with van der Waals surface area (Å²) in [6.45, 7) is 11.1. The Morgan fingerprint density at radius 1 is 1.09 bits per heavy atom. The predicted octanol–water partition coefficient (Wildman–Crippen LogP) is 6.02. The molecule has 1 spiro atoms. The van der Waals surface area contributed by atoms with Gasteiger partial charge in [-0.2, -0.15) is 0 Å². The lowest BCUT2D eigenvalue weighted by Gasteiger charge is -2.52. The fourth-order valence-corrected chi connectivity index (χ4v) is 10.2. The Labute approximate surface area is 195 Å². The minimum absolute atomic E-state index is 0.0585. The number of fused-ring (bicyclic) bond motifs is 6. The molecule has 6 aliphatic rings. The zero-order valence-corrected chi connectivity index (χ0v) is 21.2. The molecule has 0 amide bonds. The summed E-state index contributed by atoms with van der Waals surface area (Å²) in [7, 11) is 2.33. The lowest BCUT2D eigenvalue weighted by molar-refractivity contribution is -0.129. The highest BCUT2D eigenvalue weighted by Gasteiger charge is 2.59. The number of piperidine rings is 1. The first-order valence-electron chi connectivity index (χ1n) is 13.8. The molecule has 3 heteroatoms. The second kappa shape index (κ2) is 7.41. The lowest BCUT2D eigenvalue weighted by Crippen LogP contribution is -2.49. The van der Waals surface area contributed by atoms with Gasteiger partial charge in [-0.3, -0.25) is 4.79 Å². The number of ketones is 1. The molecule has 178 valence electrons. The van der Waals surface area contributed by atoms with Crippen LogP contribution in [-0.4, -0.2) is 42.0 Å². The number of carbonyl (C=O) groups excluding carboxylic acids is 1. The summed E-state index contributed by atoms with van der Waals surface area (Å²) >= 11 is 0. The minimum atomic E-state index is 0.0585. The van der Waals surface area contributed by atoms with Gasteiger partial charge in [-0.15, -0.1) is 0 Å². The van der Waals surface area contributed by atoms with Crippen LogP contribution < -0.4 is 0 Å². The number of carbonyl (C=O) groups is 1. The highest BCUT2D eigenvalue weighted by Crippen LogP contribution is 2.65. The maximum Gasteiger partial charge on any atom is 0.133 e. The summed E-state index contributed by atoms with van der Waals surface area (Å²) < 4.78 is 7.10. The smallest absolute Gasteiger partial charge is 0.133 e. The molecule has 0 bridgehead atoms. The van der Waals surface area contributed by atoms with E-state index in [2.05, 4.69) is 39.6 Å². The van der Waals surface area contributed by atoms with Gasteiger partial charge in [0.15, 0.2) is 0 Å². The van der Waals surface area contributed by atoms with Gasteiger partial charge < -0.3 is 9.64 Å². The van der Waals surface area contributed by atoms with E-state index in [0.717, 1.165) is 49.4 Å². The molecule has 10 atom stereocenters. The molecule has 0 aromatic rings. The summed E-state index contributed by atoms with van der Waals surface area (Å²) in [4.78, 5) is 14.8. The fraction of sp³-hybridized carbons (Fsp3) is 0.897. The molecule has 0 radical (unpaired) electrons. The monoisotopic (exact) mass is 439 g/mol. The van der Waals surface area contributed by atoms with Crippen LogP contribution in [0.15, 0.2) is 11.1 Å². The SMILES string of the molecule is CC1=C2C[C@H]3[C@@H](CC[C@@H]4CC(=O)CC[C@@]43C)[C@@H]2CCC2(C1)O[C@@H]1C[C@H](C)CN(C)[C@H]1[C@H]2C. The zero-order chi connectivity index (χ0) is 22.4. The molecule has 3 saturated carbocycles. The van der Waals surface area contributed by atoms with Crippen molar-refractivity contribution in [2.45, 2.75) is 110 Å². The van der Waals surface area contributed by atoms with Crippen LogP contribution in [0.5, 0.6) is 0 Å². The Hall–Kier alpha value is -0.670. The number of nitrogens with zero attached hydrogens (tertiary/aromatic N) is 1. The number of Topliss-reactive ketones (excluding diaryl/α,β-unsaturated/α-hetero) is 1. The molecule has 0 aromatic carbocycles. The Morgan fingerprint density at radius 3 is 2.72 bits per heavy atom. The van der Waals surface area contributed by atoms with Crippen molar-refractivity contribution in [2.75, 3.05) is 13.6 Å². The standard InChI is InChI=1S/C29H45NO2/c1-17-12-26-27(30(5)16-17)19(3)29(32-26)11-9-22-23-7-6-20-13-21(31)8-10-28(20,4)25(23)14-24(22)18(2)15-29/h17,19-20,22-23,25-27H,6-16H2,1-5H3/t17-,19+,20+,22-,23-,25-,26+,27-,28-,29?/m0/s1. The zero-order valence-electron chi connectivity index (χ0n) is 21.2. The summed E-state index contributed by atoms with van der Waals surface area (Å²) in [5.74, 6) is 4.99. The topological polar surface area (TPSA) is 29.5 Å². The number of hydrogen-bond donors (Lipinski definition) is 0. The van der Waals surface area contributed by atoms with Crippen molar-refractivity contribution >= 4 is 5.78 Å². The normalized spacial score (nSPS) is 53.6. The number of hydrogen-bond acceptors (Lipinski definition) is 3. The molecule has 2 saturated heterocycles. The van der Waals surface area contributed by atoms with Crippen LogP contribution in [0.2, 0.25) is 0 Å². The van der Waals surface area contributed by atoms with E-state index in [9.17, 15) is 4.79 Å². The van der Waals surface area contributed by atoms with E-state index < -0.39 is 0 Å². The number of allylic oxidation sites excluding steroid dienone is 1. The van der Waals surface area contributed by atoms with E-state index in [1.54, 1.807) is 5.57 Å². The van der Waals surface area contributed by atoms with E-state index >= 15 is 0 Å². The molecule has 6 rings (SSSR count). The van der Waals surface area contributed by atoms with Crippen molar-refractivity contribution in [1.29, 1.82) is 0 Å². The summed E-state index contributed by atoms with van der Waals surface area (Å²) in [5.41, 5.74) is 3.96. The average molecular weight is 440 g/mol. The molecule has 0 aromatic heterocycles. The highest BCUT2D eigenvalue weighted by molar-refractivity contribution is 5.79. The van der Waals surface area contributed by atoms with Crippen molar-refractivity contribution in [3.05, 3.63) is 11.1 Å². The van der Waals surface area contributed by atoms with Crippen LogP contribution in [0.3, 0.4) is 0 Å². The Kier molecular flexibility index (Phi) is 5.06. The maximum absolute atomic E-state index is 12.2. The second-order valence-corrected chi connectivity index (χ2v) is 13.4. The fourth-order valence-electron chi connectivity index (χ4n) is 10.2. The van der Waals surface area contributed by atoms with Crippen LogP contribution in [0, 0.1) is 40.9 Å². The summed E-state index contributed by atoms with van der Waals surface area (Å²) in [5, 5.41) is 0. The second-order valence-electron chi connectivity index (χ2n) is 13.4. The Balaban J connectivity index is 1.28. The van der Waals surface area contributed by atoms with Crippen LogP contribution in [0.4, 0.5) is 0 Å². The average Bonchev–Trinajstić information content (AvgIpc) is 3.19. The minimum Gasteiger partial charge on any atom is -0.369 e. The number of ether oxygens (including phenoxy) is 1. The number of rotatable bonds is 0. The number of likely N-dealkylation sites (N-methyl/N-ethyl adjacent to an activating group) is 1. The summed E-state index contributed by atoms with van der Waals surface area (Å²) in [6.07, 6.45) is 12.2. The third-order valence-electron chi connectivity index (χ3n) is 11.8. The predicted molar refractivity (Wildman–Crippen MR) is 128 cm³/mol. The first kappa shape index (κ1) is 21.8. The number of likely N-dealkylation sites (tertiary alicyclic amines) is 1. The maximum atomic E-state index is 12.2. The van der Waals surface area contributed by atoms with E-state index in [1.807, 2.05) is 5.57 Å². The first-order valence-corrected chi connectivity index (χ1v) is 13.8. The highest BCUT2D eigenvalue weighted by atomic mass is 16.5. The molecule has 2 aliphatic heterocycles. The van der Waals surface area contributed by atoms with Gasteiger partial charge in [0, 0.05) is 31.3 Å². The molecular weight excluding hydrogens is 394 g/mol.